The number of carbonyl (C=O) groups excluding carboxylic acids is 1. The van der Waals surface area contributed by atoms with Crippen molar-refractivity contribution in [2.24, 2.45) is 0 Å². The highest BCUT2D eigenvalue weighted by atomic mass is 19.4. The number of aromatic amines is 1. The molecule has 3 nitrogen and oxygen atoms in total. The molecule has 0 atom stereocenters. The van der Waals surface area contributed by atoms with Crippen molar-refractivity contribution in [3.8, 4) is 6.07 Å². The summed E-state index contributed by atoms with van der Waals surface area (Å²) in [6.45, 7) is 1.71. The number of allylic oxidation sites excluding steroid dienone is 1. The molecule has 0 radical (unpaired) electrons. The summed E-state index contributed by atoms with van der Waals surface area (Å²) in [5.74, 6) is -0.528. The second kappa shape index (κ2) is 6.52. The van der Waals surface area contributed by atoms with E-state index in [-0.39, 0.29) is 11.1 Å². The summed E-state index contributed by atoms with van der Waals surface area (Å²) in [7, 11) is 0. The molecule has 26 heavy (non-hydrogen) atoms. The van der Waals surface area contributed by atoms with Crippen LogP contribution in [0.4, 0.5) is 13.2 Å². The van der Waals surface area contributed by atoms with Crippen molar-refractivity contribution in [2.75, 3.05) is 0 Å². The molecule has 0 aliphatic heterocycles. The van der Waals surface area contributed by atoms with Crippen molar-refractivity contribution < 1.29 is 18.0 Å². The first-order valence-corrected chi connectivity index (χ1v) is 7.72. The quantitative estimate of drug-likeness (QED) is 0.395. The Hall–Kier alpha value is -3.33. The zero-order chi connectivity index (χ0) is 18.9. The van der Waals surface area contributed by atoms with Gasteiger partial charge in [0, 0.05) is 16.6 Å². The van der Waals surface area contributed by atoms with Crippen LogP contribution in [-0.2, 0) is 6.18 Å². The third kappa shape index (κ3) is 3.24. The number of halogens is 3. The molecule has 0 aliphatic carbocycles. The zero-order valence-corrected chi connectivity index (χ0v) is 13.7. The van der Waals surface area contributed by atoms with Crippen LogP contribution in [0.5, 0.6) is 0 Å². The molecule has 0 saturated carbocycles. The number of H-pyrrole nitrogens is 1. The number of hydrogen-bond donors (Lipinski definition) is 1. The lowest BCUT2D eigenvalue weighted by molar-refractivity contribution is -0.137. The van der Waals surface area contributed by atoms with Gasteiger partial charge in [0.15, 0.2) is 0 Å². The number of nitrogens with zero attached hydrogens (tertiary/aromatic N) is 1. The Morgan fingerprint density at radius 1 is 1.15 bits per heavy atom. The van der Waals surface area contributed by atoms with E-state index in [2.05, 4.69) is 4.98 Å². The molecule has 0 aliphatic rings. The van der Waals surface area contributed by atoms with Crippen LogP contribution in [0, 0.1) is 18.3 Å². The number of ketones is 1. The van der Waals surface area contributed by atoms with Gasteiger partial charge in [-0.15, -0.1) is 0 Å². The van der Waals surface area contributed by atoms with E-state index in [4.69, 9.17) is 0 Å². The fourth-order valence-corrected chi connectivity index (χ4v) is 2.82. The first-order valence-electron chi connectivity index (χ1n) is 7.72. The molecule has 0 amide bonds. The summed E-state index contributed by atoms with van der Waals surface area (Å²) in [4.78, 5) is 15.9. The maximum atomic E-state index is 12.8. The number of alkyl halides is 3. The van der Waals surface area contributed by atoms with Gasteiger partial charge in [0.2, 0.25) is 5.78 Å². The molecule has 130 valence electrons. The summed E-state index contributed by atoms with van der Waals surface area (Å²) >= 11 is 0. The van der Waals surface area contributed by atoms with Crippen molar-refractivity contribution in [1.29, 1.82) is 5.26 Å². The van der Waals surface area contributed by atoms with Crippen LogP contribution in [0.25, 0.3) is 17.0 Å². The van der Waals surface area contributed by atoms with Gasteiger partial charge in [-0.05, 0) is 36.8 Å². The largest absolute Gasteiger partial charge is 0.416 e. The number of nitrogens with one attached hydrogen (secondary N) is 1. The van der Waals surface area contributed by atoms with Crippen LogP contribution in [-0.4, -0.2) is 10.8 Å². The fourth-order valence-electron chi connectivity index (χ4n) is 2.82. The number of para-hydroxylation sites is 1. The van der Waals surface area contributed by atoms with Crippen molar-refractivity contribution in [2.45, 2.75) is 13.1 Å². The second-order valence-corrected chi connectivity index (χ2v) is 5.79. The van der Waals surface area contributed by atoms with Gasteiger partial charge in [-0.1, -0.05) is 30.3 Å². The second-order valence-electron chi connectivity index (χ2n) is 5.79. The lowest BCUT2D eigenvalue weighted by Gasteiger charge is -2.07. The maximum absolute atomic E-state index is 12.8. The number of hydrogen-bond acceptors (Lipinski definition) is 2. The minimum absolute atomic E-state index is 0.141. The molecule has 0 spiro atoms. The molecule has 3 rings (SSSR count). The highest BCUT2D eigenvalue weighted by Gasteiger charge is 2.30. The van der Waals surface area contributed by atoms with Gasteiger partial charge in [-0.2, -0.15) is 18.4 Å². The van der Waals surface area contributed by atoms with Gasteiger partial charge in [0.05, 0.1) is 11.1 Å². The molecular weight excluding hydrogens is 341 g/mol. The van der Waals surface area contributed by atoms with Crippen LogP contribution in [0.2, 0.25) is 0 Å². The Morgan fingerprint density at radius 2 is 1.88 bits per heavy atom. The topological polar surface area (TPSA) is 56.6 Å². The zero-order valence-electron chi connectivity index (χ0n) is 13.7. The third-order valence-electron chi connectivity index (χ3n) is 4.01. The van der Waals surface area contributed by atoms with Crippen LogP contribution in [0.15, 0.2) is 54.1 Å². The molecule has 1 heterocycles. The van der Waals surface area contributed by atoms with E-state index in [0.717, 1.165) is 17.6 Å². The van der Waals surface area contributed by atoms with Gasteiger partial charge in [0.1, 0.15) is 11.6 Å². The molecule has 0 bridgehead atoms. The Kier molecular flexibility index (Phi) is 4.39. The number of fused-ring (bicyclic) bond motifs is 1. The van der Waals surface area contributed by atoms with Crippen molar-refractivity contribution in [1.82, 2.24) is 4.98 Å². The predicted octanol–water partition coefficient (Wildman–Crippen LogP) is 5.29. The third-order valence-corrected chi connectivity index (χ3v) is 4.01. The number of nitriles is 1. The molecule has 0 unspecified atom stereocenters. The van der Waals surface area contributed by atoms with E-state index < -0.39 is 17.5 Å². The van der Waals surface area contributed by atoms with Gasteiger partial charge in [-0.25, -0.2) is 0 Å². The Morgan fingerprint density at radius 3 is 2.58 bits per heavy atom. The van der Waals surface area contributed by atoms with E-state index in [1.807, 2.05) is 12.1 Å². The summed E-state index contributed by atoms with van der Waals surface area (Å²) in [6.07, 6.45) is -3.31. The minimum Gasteiger partial charge on any atom is -0.358 e. The number of aryl methyl sites for hydroxylation is 1. The van der Waals surface area contributed by atoms with Gasteiger partial charge >= 0.3 is 6.18 Å². The van der Waals surface area contributed by atoms with E-state index in [1.54, 1.807) is 25.1 Å². The SMILES string of the molecule is Cc1[nH]c2ccccc2c1C(=O)C(C#N)=Cc1cccc(C(F)(F)F)c1. The van der Waals surface area contributed by atoms with Gasteiger partial charge in [0.25, 0.3) is 0 Å². The normalized spacial score (nSPS) is 12.2. The van der Waals surface area contributed by atoms with Gasteiger partial charge < -0.3 is 4.98 Å². The van der Waals surface area contributed by atoms with Crippen LogP contribution >= 0.6 is 0 Å². The van der Waals surface area contributed by atoms with Crippen LogP contribution in [0.1, 0.15) is 27.2 Å². The number of aromatic nitrogens is 1. The van der Waals surface area contributed by atoms with Crippen molar-refractivity contribution >= 4 is 22.8 Å². The summed E-state index contributed by atoms with van der Waals surface area (Å²) in [5.41, 5.74) is 0.783. The number of carbonyl (C=O) groups is 1. The summed E-state index contributed by atoms with van der Waals surface area (Å²) < 4.78 is 38.5. The molecule has 1 N–H and O–H groups in total. The minimum atomic E-state index is -4.49. The number of benzene rings is 2. The first kappa shape index (κ1) is 17.5. The lowest BCUT2D eigenvalue weighted by Crippen LogP contribution is -2.05. The van der Waals surface area contributed by atoms with E-state index in [9.17, 15) is 23.2 Å². The highest BCUT2D eigenvalue weighted by Crippen LogP contribution is 2.30. The smallest absolute Gasteiger partial charge is 0.358 e. The monoisotopic (exact) mass is 354 g/mol. The van der Waals surface area contributed by atoms with E-state index >= 15 is 0 Å². The number of Topliss-reactive ketones (excluding diaryl/α,β-unsaturated/α-hetero) is 1. The Labute approximate surface area is 147 Å². The van der Waals surface area contributed by atoms with E-state index in [1.165, 1.54) is 18.2 Å². The molecule has 6 heteroatoms. The molecule has 0 fully saturated rings. The Bertz CT molecular complexity index is 1070. The summed E-state index contributed by atoms with van der Waals surface area (Å²) in [6, 6.07) is 13.5. The highest BCUT2D eigenvalue weighted by molar-refractivity contribution is 6.20. The van der Waals surface area contributed by atoms with Crippen molar-refractivity contribution in [3.05, 3.63) is 76.5 Å². The lowest BCUT2D eigenvalue weighted by atomic mass is 9.99. The molecule has 0 saturated heterocycles. The standard InChI is InChI=1S/C20H13F3N2O/c1-12-18(16-7-2-3-8-17(16)25-12)19(26)14(11-24)9-13-5-4-6-15(10-13)20(21,22)23/h2-10,25H,1H3. The average molecular weight is 354 g/mol. The fraction of sp³-hybridized carbons (Fsp3) is 0.100. The van der Waals surface area contributed by atoms with Crippen LogP contribution in [0.3, 0.4) is 0 Å². The summed E-state index contributed by atoms with van der Waals surface area (Å²) in [5, 5.41) is 10.0. The van der Waals surface area contributed by atoms with Crippen LogP contribution < -0.4 is 0 Å². The molecule has 2 aromatic carbocycles. The number of rotatable bonds is 3. The first-order chi connectivity index (χ1) is 12.3. The maximum Gasteiger partial charge on any atom is 0.416 e. The Balaban J connectivity index is 2.06. The molecular formula is C20H13F3N2O. The molecule has 1 aromatic heterocycles. The van der Waals surface area contributed by atoms with Gasteiger partial charge in [-0.3, -0.25) is 4.79 Å². The van der Waals surface area contributed by atoms with Crippen molar-refractivity contribution in [3.63, 3.8) is 0 Å². The molecule has 3 aromatic rings. The predicted molar refractivity (Wildman–Crippen MR) is 92.4 cm³/mol. The van der Waals surface area contributed by atoms with E-state index in [0.29, 0.717) is 16.6 Å². The average Bonchev–Trinajstić information content (AvgIpc) is 2.94.